The first-order valence-electron chi connectivity index (χ1n) is 5.54. The monoisotopic (exact) mass is 256 g/mol. The first kappa shape index (κ1) is 14.5. The highest BCUT2D eigenvalue weighted by molar-refractivity contribution is 5.66. The Morgan fingerprint density at radius 3 is 2.67 bits per heavy atom. The molecule has 1 heterocycles. The Kier molecular flexibility index (Phi) is 5.62. The normalized spacial score (nSPS) is 26.4. The first-order valence-corrected chi connectivity index (χ1v) is 5.54. The third kappa shape index (κ3) is 4.73. The minimum Gasteiger partial charge on any atom is -0.463 e. The van der Waals surface area contributed by atoms with Crippen molar-refractivity contribution in [2.24, 2.45) is 0 Å². The summed E-state index contributed by atoms with van der Waals surface area (Å²) in [5.74, 6) is 1.47. The van der Waals surface area contributed by atoms with Gasteiger partial charge in [-0.05, 0) is 0 Å². The van der Waals surface area contributed by atoms with E-state index in [1.165, 1.54) is 13.8 Å². The molecule has 0 aromatic heterocycles. The van der Waals surface area contributed by atoms with Crippen molar-refractivity contribution in [1.82, 2.24) is 0 Å². The molecule has 0 bridgehead atoms. The van der Waals surface area contributed by atoms with E-state index in [0.717, 1.165) is 0 Å². The summed E-state index contributed by atoms with van der Waals surface area (Å²) in [6.45, 7) is 2.72. The number of carbonyl (C=O) groups excluding carboxylic acids is 2. The summed E-state index contributed by atoms with van der Waals surface area (Å²) in [6.07, 6.45) is 3.87. The van der Waals surface area contributed by atoms with Crippen LogP contribution in [0.3, 0.4) is 0 Å². The number of terminal acetylenes is 1. The van der Waals surface area contributed by atoms with Gasteiger partial charge in [0.1, 0.15) is 25.4 Å². The summed E-state index contributed by atoms with van der Waals surface area (Å²) in [4.78, 5) is 21.7. The lowest BCUT2D eigenvalue weighted by molar-refractivity contribution is -0.163. The van der Waals surface area contributed by atoms with Gasteiger partial charge in [-0.3, -0.25) is 9.59 Å². The van der Waals surface area contributed by atoms with E-state index in [1.807, 2.05) is 0 Å². The minimum absolute atomic E-state index is 0.0171. The second-order valence-corrected chi connectivity index (χ2v) is 3.81. The molecular weight excluding hydrogens is 240 g/mol. The number of hydrogen-bond donors (Lipinski definition) is 0. The highest BCUT2D eigenvalue weighted by Crippen LogP contribution is 2.24. The van der Waals surface area contributed by atoms with Gasteiger partial charge in [-0.25, -0.2) is 0 Å². The van der Waals surface area contributed by atoms with Crippen LogP contribution < -0.4 is 0 Å². The van der Waals surface area contributed by atoms with E-state index in [4.69, 9.17) is 25.4 Å². The molecule has 1 unspecified atom stereocenters. The molecule has 1 fully saturated rings. The van der Waals surface area contributed by atoms with Gasteiger partial charge in [0, 0.05) is 20.3 Å². The predicted molar refractivity (Wildman–Crippen MR) is 60.3 cm³/mol. The Bertz CT molecular complexity index is 345. The molecule has 6 heteroatoms. The Morgan fingerprint density at radius 1 is 1.39 bits per heavy atom. The van der Waals surface area contributed by atoms with E-state index in [0.29, 0.717) is 6.42 Å². The maximum Gasteiger partial charge on any atom is 0.303 e. The minimum atomic E-state index is -0.550. The van der Waals surface area contributed by atoms with Crippen LogP contribution in [-0.2, 0) is 28.5 Å². The topological polar surface area (TPSA) is 71.1 Å². The smallest absolute Gasteiger partial charge is 0.303 e. The number of carbonyl (C=O) groups is 2. The van der Waals surface area contributed by atoms with Crippen molar-refractivity contribution in [3.63, 3.8) is 0 Å². The lowest BCUT2D eigenvalue weighted by Crippen LogP contribution is -2.31. The zero-order valence-electron chi connectivity index (χ0n) is 10.4. The fourth-order valence-electron chi connectivity index (χ4n) is 1.61. The Labute approximate surface area is 106 Å². The van der Waals surface area contributed by atoms with E-state index in [-0.39, 0.29) is 13.2 Å². The van der Waals surface area contributed by atoms with Gasteiger partial charge in [-0.2, -0.15) is 0 Å². The molecule has 1 rings (SSSR count). The Balaban J connectivity index is 2.51. The summed E-state index contributed by atoms with van der Waals surface area (Å²) in [7, 11) is 0. The Hall–Kier alpha value is -1.58. The Morgan fingerprint density at radius 2 is 2.11 bits per heavy atom. The highest BCUT2D eigenvalue weighted by atomic mass is 16.7. The molecule has 0 spiro atoms. The average Bonchev–Trinajstić information content (AvgIpc) is 2.65. The summed E-state index contributed by atoms with van der Waals surface area (Å²) < 4.78 is 20.6. The van der Waals surface area contributed by atoms with Crippen LogP contribution in [0.15, 0.2) is 0 Å². The van der Waals surface area contributed by atoms with Gasteiger partial charge in [0.25, 0.3) is 0 Å². The van der Waals surface area contributed by atoms with Crippen LogP contribution >= 0.6 is 0 Å². The molecule has 1 aliphatic heterocycles. The molecule has 0 aliphatic carbocycles. The van der Waals surface area contributed by atoms with Gasteiger partial charge in [-0.15, -0.1) is 6.42 Å². The third-order valence-electron chi connectivity index (χ3n) is 2.29. The maximum absolute atomic E-state index is 10.9. The summed E-state index contributed by atoms with van der Waals surface area (Å²) >= 11 is 0. The van der Waals surface area contributed by atoms with Crippen molar-refractivity contribution < 1.29 is 28.5 Å². The van der Waals surface area contributed by atoms with E-state index >= 15 is 0 Å². The average molecular weight is 256 g/mol. The van der Waals surface area contributed by atoms with Crippen molar-refractivity contribution in [2.45, 2.75) is 38.8 Å². The van der Waals surface area contributed by atoms with Gasteiger partial charge in [0.05, 0.1) is 0 Å². The molecule has 100 valence electrons. The number of hydrogen-bond acceptors (Lipinski definition) is 6. The number of rotatable bonds is 5. The fraction of sp³-hybridized carbons (Fsp3) is 0.667. The standard InChI is InChI=1S/C12H16O6/c1-4-5-15-12-6-10(17-9(3)14)11(18-12)7-16-8(2)13/h1,10-12H,5-7H2,2-3H3/t10?,11-,12-/m1/s1. The SMILES string of the molecule is C#CCO[C@H]1CC(OC(C)=O)[C@@H](COC(C)=O)O1. The summed E-state index contributed by atoms with van der Waals surface area (Å²) in [5.41, 5.74) is 0. The number of esters is 2. The lowest BCUT2D eigenvalue weighted by atomic mass is 10.2. The molecule has 1 aliphatic rings. The van der Waals surface area contributed by atoms with Crippen LogP contribution in [0.1, 0.15) is 20.3 Å². The van der Waals surface area contributed by atoms with Crippen molar-refractivity contribution in [3.8, 4) is 12.3 Å². The van der Waals surface area contributed by atoms with Crippen molar-refractivity contribution in [3.05, 3.63) is 0 Å². The quantitative estimate of drug-likeness (QED) is 0.518. The lowest BCUT2D eigenvalue weighted by Gasteiger charge is -2.17. The summed E-state index contributed by atoms with van der Waals surface area (Å²) in [6, 6.07) is 0. The zero-order valence-corrected chi connectivity index (χ0v) is 10.4. The molecule has 0 aromatic carbocycles. The summed E-state index contributed by atoms with van der Waals surface area (Å²) in [5, 5.41) is 0. The van der Waals surface area contributed by atoms with Gasteiger partial charge >= 0.3 is 11.9 Å². The molecule has 6 nitrogen and oxygen atoms in total. The van der Waals surface area contributed by atoms with Crippen LogP contribution in [0.25, 0.3) is 0 Å². The fourth-order valence-corrected chi connectivity index (χ4v) is 1.61. The van der Waals surface area contributed by atoms with E-state index in [1.54, 1.807) is 0 Å². The van der Waals surface area contributed by atoms with E-state index in [9.17, 15) is 9.59 Å². The molecule has 0 radical (unpaired) electrons. The maximum atomic E-state index is 10.9. The van der Waals surface area contributed by atoms with Crippen LogP contribution in [0, 0.1) is 12.3 Å². The third-order valence-corrected chi connectivity index (χ3v) is 2.29. The molecule has 3 atom stereocenters. The van der Waals surface area contributed by atoms with E-state index < -0.39 is 30.4 Å². The van der Waals surface area contributed by atoms with Crippen molar-refractivity contribution in [1.29, 1.82) is 0 Å². The second-order valence-electron chi connectivity index (χ2n) is 3.81. The molecule has 0 amide bonds. The van der Waals surface area contributed by atoms with Crippen LogP contribution in [0.5, 0.6) is 0 Å². The predicted octanol–water partition coefficient (Wildman–Crippen LogP) is 0.246. The van der Waals surface area contributed by atoms with Gasteiger partial charge in [-0.1, -0.05) is 5.92 Å². The van der Waals surface area contributed by atoms with Gasteiger partial charge in [0.2, 0.25) is 0 Å². The van der Waals surface area contributed by atoms with Gasteiger partial charge < -0.3 is 18.9 Å². The molecule has 18 heavy (non-hydrogen) atoms. The molecule has 1 saturated heterocycles. The second kappa shape index (κ2) is 6.99. The van der Waals surface area contributed by atoms with E-state index in [2.05, 4.69) is 5.92 Å². The number of ether oxygens (including phenoxy) is 4. The zero-order chi connectivity index (χ0) is 13.5. The molecule has 0 N–H and O–H groups in total. The van der Waals surface area contributed by atoms with Crippen LogP contribution in [0.4, 0.5) is 0 Å². The molecular formula is C12H16O6. The molecule has 0 saturated carbocycles. The van der Waals surface area contributed by atoms with Crippen LogP contribution in [-0.4, -0.2) is 43.7 Å². The highest BCUT2D eigenvalue weighted by Gasteiger charge is 2.38. The van der Waals surface area contributed by atoms with Gasteiger partial charge in [0.15, 0.2) is 6.29 Å². The van der Waals surface area contributed by atoms with Crippen molar-refractivity contribution in [2.75, 3.05) is 13.2 Å². The first-order chi connectivity index (χ1) is 8.52. The van der Waals surface area contributed by atoms with Crippen molar-refractivity contribution >= 4 is 11.9 Å². The van der Waals surface area contributed by atoms with Crippen LogP contribution in [0.2, 0.25) is 0 Å². The largest absolute Gasteiger partial charge is 0.463 e. The molecule has 0 aromatic rings.